The highest BCUT2D eigenvalue weighted by atomic mass is 32.2. The Morgan fingerprint density at radius 1 is 1.25 bits per heavy atom. The smallest absolute Gasteiger partial charge is 0.231 e. The maximum absolute atomic E-state index is 5.70. The highest BCUT2D eigenvalue weighted by Gasteiger charge is 2.16. The number of hydrogen-bond acceptors (Lipinski definition) is 6. The van der Waals surface area contributed by atoms with Crippen molar-refractivity contribution in [1.29, 1.82) is 0 Å². The number of thioether (sulfide) groups is 1. The largest absolute Gasteiger partial charge is 0.368 e. The highest BCUT2D eigenvalue weighted by molar-refractivity contribution is 7.99. The summed E-state index contributed by atoms with van der Waals surface area (Å²) in [6.07, 6.45) is 3.53. The molecule has 2 heterocycles. The molecular formula is C10H17N5S. The van der Waals surface area contributed by atoms with Crippen LogP contribution >= 0.6 is 11.8 Å². The maximum Gasteiger partial charge on any atom is 0.231 e. The minimum atomic E-state index is 0.329. The lowest BCUT2D eigenvalue weighted by Gasteiger charge is -2.15. The molecule has 1 aliphatic heterocycles. The van der Waals surface area contributed by atoms with Crippen molar-refractivity contribution in [3.63, 3.8) is 0 Å². The fraction of sp³-hybridized carbons (Fsp3) is 0.700. The Balaban J connectivity index is 2.14. The van der Waals surface area contributed by atoms with Crippen LogP contribution in [0.25, 0.3) is 0 Å². The quantitative estimate of drug-likeness (QED) is 0.804. The number of rotatable bonds is 4. The molecule has 2 rings (SSSR count). The van der Waals surface area contributed by atoms with Gasteiger partial charge in [-0.25, -0.2) is 0 Å². The number of anilines is 2. The summed E-state index contributed by atoms with van der Waals surface area (Å²) in [4.78, 5) is 14.9. The Morgan fingerprint density at radius 3 is 2.69 bits per heavy atom. The van der Waals surface area contributed by atoms with Gasteiger partial charge in [-0.15, -0.1) is 0 Å². The van der Waals surface area contributed by atoms with E-state index in [-0.39, 0.29) is 0 Å². The zero-order valence-corrected chi connectivity index (χ0v) is 10.3. The summed E-state index contributed by atoms with van der Waals surface area (Å²) in [6.45, 7) is 4.20. The first-order valence-corrected chi connectivity index (χ1v) is 6.67. The molecule has 0 aliphatic carbocycles. The molecule has 0 saturated carbocycles. The van der Waals surface area contributed by atoms with Crippen LogP contribution in [0.5, 0.6) is 0 Å². The third-order valence-electron chi connectivity index (χ3n) is 2.44. The van der Waals surface area contributed by atoms with E-state index in [4.69, 9.17) is 5.73 Å². The summed E-state index contributed by atoms with van der Waals surface area (Å²) >= 11 is 1.64. The fourth-order valence-corrected chi connectivity index (χ4v) is 2.37. The molecule has 0 aromatic carbocycles. The van der Waals surface area contributed by atoms with Crippen molar-refractivity contribution < 1.29 is 0 Å². The van der Waals surface area contributed by atoms with E-state index in [2.05, 4.69) is 26.8 Å². The zero-order valence-electron chi connectivity index (χ0n) is 9.52. The minimum absolute atomic E-state index is 0.329. The second kappa shape index (κ2) is 5.34. The van der Waals surface area contributed by atoms with Crippen molar-refractivity contribution >= 4 is 23.7 Å². The van der Waals surface area contributed by atoms with Crippen molar-refractivity contribution in [2.45, 2.75) is 31.3 Å². The lowest BCUT2D eigenvalue weighted by Crippen LogP contribution is -2.21. The van der Waals surface area contributed by atoms with Crippen LogP contribution in [0.2, 0.25) is 0 Å². The summed E-state index contributed by atoms with van der Waals surface area (Å²) in [5.41, 5.74) is 5.70. The zero-order chi connectivity index (χ0) is 11.4. The van der Waals surface area contributed by atoms with Crippen molar-refractivity contribution in [3.05, 3.63) is 0 Å². The van der Waals surface area contributed by atoms with E-state index < -0.39 is 0 Å². The molecule has 2 N–H and O–H groups in total. The normalized spacial score (nSPS) is 15.7. The van der Waals surface area contributed by atoms with Crippen molar-refractivity contribution in [2.24, 2.45) is 0 Å². The number of aromatic nitrogens is 3. The van der Waals surface area contributed by atoms with Gasteiger partial charge in [-0.1, -0.05) is 18.7 Å². The van der Waals surface area contributed by atoms with Gasteiger partial charge in [0.05, 0.1) is 0 Å². The molecule has 0 radical (unpaired) electrons. The number of nitrogens with zero attached hydrogens (tertiary/aromatic N) is 4. The van der Waals surface area contributed by atoms with Gasteiger partial charge in [-0.05, 0) is 19.3 Å². The molecule has 0 amide bonds. The maximum atomic E-state index is 5.70. The topological polar surface area (TPSA) is 67.9 Å². The monoisotopic (exact) mass is 239 g/mol. The minimum Gasteiger partial charge on any atom is -0.368 e. The van der Waals surface area contributed by atoms with Gasteiger partial charge in [0.1, 0.15) is 0 Å². The molecule has 1 aromatic heterocycles. The predicted molar refractivity (Wildman–Crippen MR) is 66.7 cm³/mol. The summed E-state index contributed by atoms with van der Waals surface area (Å²) in [7, 11) is 0. The SMILES string of the molecule is CCCSc1nc(N)nc(N2CCCC2)n1. The van der Waals surface area contributed by atoms with Gasteiger partial charge in [-0.3, -0.25) is 0 Å². The van der Waals surface area contributed by atoms with Gasteiger partial charge in [0.2, 0.25) is 11.9 Å². The van der Waals surface area contributed by atoms with Crippen molar-refractivity contribution in [3.8, 4) is 0 Å². The average Bonchev–Trinajstić information content (AvgIpc) is 2.79. The lowest BCUT2D eigenvalue weighted by molar-refractivity contribution is 0.833. The second-order valence-electron chi connectivity index (χ2n) is 3.82. The van der Waals surface area contributed by atoms with Crippen LogP contribution < -0.4 is 10.6 Å². The van der Waals surface area contributed by atoms with Gasteiger partial charge < -0.3 is 10.6 Å². The Bertz CT molecular complexity index is 351. The molecular weight excluding hydrogens is 222 g/mol. The van der Waals surface area contributed by atoms with Crippen LogP contribution in [-0.2, 0) is 0 Å². The molecule has 1 fully saturated rings. The third-order valence-corrected chi connectivity index (χ3v) is 3.50. The van der Waals surface area contributed by atoms with E-state index in [1.165, 1.54) is 12.8 Å². The molecule has 1 saturated heterocycles. The number of nitrogen functional groups attached to an aromatic ring is 1. The summed E-state index contributed by atoms with van der Waals surface area (Å²) < 4.78 is 0. The highest BCUT2D eigenvalue weighted by Crippen LogP contribution is 2.20. The first-order chi connectivity index (χ1) is 7.79. The molecule has 0 atom stereocenters. The first-order valence-electron chi connectivity index (χ1n) is 5.69. The van der Waals surface area contributed by atoms with Crippen molar-refractivity contribution in [1.82, 2.24) is 15.0 Å². The van der Waals surface area contributed by atoms with Gasteiger partial charge in [-0.2, -0.15) is 15.0 Å². The molecule has 5 nitrogen and oxygen atoms in total. The van der Waals surface area contributed by atoms with Gasteiger partial charge in [0.15, 0.2) is 5.16 Å². The second-order valence-corrected chi connectivity index (χ2v) is 4.88. The molecule has 0 unspecified atom stereocenters. The first kappa shape index (κ1) is 11.4. The average molecular weight is 239 g/mol. The van der Waals surface area contributed by atoms with Gasteiger partial charge >= 0.3 is 0 Å². The Labute approximate surface area is 99.9 Å². The van der Waals surface area contributed by atoms with E-state index in [1.807, 2.05) is 0 Å². The standard InChI is InChI=1S/C10H17N5S/c1-2-7-16-10-13-8(11)12-9(14-10)15-5-3-4-6-15/h2-7H2,1H3,(H2,11,12,13,14). The fourth-order valence-electron chi connectivity index (χ4n) is 1.68. The van der Waals surface area contributed by atoms with Gasteiger partial charge in [0.25, 0.3) is 0 Å². The van der Waals surface area contributed by atoms with Crippen LogP contribution in [0.1, 0.15) is 26.2 Å². The van der Waals surface area contributed by atoms with E-state index >= 15 is 0 Å². The molecule has 6 heteroatoms. The summed E-state index contributed by atoms with van der Waals surface area (Å²) in [5.74, 6) is 2.09. The van der Waals surface area contributed by atoms with Crippen molar-refractivity contribution in [2.75, 3.05) is 29.5 Å². The number of nitrogens with two attached hydrogens (primary N) is 1. The molecule has 1 aromatic rings. The predicted octanol–water partition coefficient (Wildman–Crippen LogP) is 1.56. The van der Waals surface area contributed by atoms with Crippen LogP contribution in [0.15, 0.2) is 5.16 Å². The third kappa shape index (κ3) is 2.75. The van der Waals surface area contributed by atoms with Gasteiger partial charge in [0, 0.05) is 18.8 Å². The van der Waals surface area contributed by atoms with Crippen LogP contribution in [0.4, 0.5) is 11.9 Å². The molecule has 0 spiro atoms. The summed E-state index contributed by atoms with van der Waals surface area (Å²) in [6, 6.07) is 0. The van der Waals surface area contributed by atoms with Crippen LogP contribution in [0.3, 0.4) is 0 Å². The molecule has 1 aliphatic rings. The Morgan fingerprint density at radius 2 is 2.00 bits per heavy atom. The Kier molecular flexibility index (Phi) is 3.82. The number of hydrogen-bond donors (Lipinski definition) is 1. The molecule has 16 heavy (non-hydrogen) atoms. The van der Waals surface area contributed by atoms with Crippen LogP contribution in [-0.4, -0.2) is 33.8 Å². The lowest BCUT2D eigenvalue weighted by atomic mass is 10.4. The summed E-state index contributed by atoms with van der Waals surface area (Å²) in [5, 5.41) is 0.747. The molecule has 88 valence electrons. The van der Waals surface area contributed by atoms with E-state index in [0.717, 1.165) is 36.4 Å². The van der Waals surface area contributed by atoms with E-state index in [9.17, 15) is 0 Å². The molecule has 0 bridgehead atoms. The Hall–Kier alpha value is -1.04. The van der Waals surface area contributed by atoms with E-state index in [0.29, 0.717) is 5.95 Å². The van der Waals surface area contributed by atoms with Crippen LogP contribution in [0, 0.1) is 0 Å². The van der Waals surface area contributed by atoms with E-state index in [1.54, 1.807) is 11.8 Å².